The quantitative estimate of drug-likeness (QED) is 0.852. The van der Waals surface area contributed by atoms with Crippen molar-refractivity contribution in [1.82, 2.24) is 10.2 Å². The van der Waals surface area contributed by atoms with Gasteiger partial charge in [-0.05, 0) is 24.6 Å². The fourth-order valence-corrected chi connectivity index (χ4v) is 1.69. The molecule has 0 aliphatic heterocycles. The number of halogens is 1. The van der Waals surface area contributed by atoms with Crippen LogP contribution in [0.3, 0.4) is 0 Å². The van der Waals surface area contributed by atoms with Crippen molar-refractivity contribution in [2.24, 2.45) is 5.73 Å². The summed E-state index contributed by atoms with van der Waals surface area (Å²) in [4.78, 5) is 0. The van der Waals surface area contributed by atoms with Crippen LogP contribution in [0.15, 0.2) is 30.3 Å². The van der Waals surface area contributed by atoms with Gasteiger partial charge in [0.2, 0.25) is 0 Å². The topological polar surface area (TPSA) is 54.7 Å². The Morgan fingerprint density at radius 1 is 1.41 bits per heavy atom. The molecule has 0 fully saturated rings. The summed E-state index contributed by atoms with van der Waals surface area (Å²) in [5, 5.41) is 7.10. The highest BCUT2D eigenvalue weighted by atomic mass is 19.1. The highest BCUT2D eigenvalue weighted by Crippen LogP contribution is 2.19. The zero-order valence-corrected chi connectivity index (χ0v) is 9.78. The molecule has 0 bridgehead atoms. The van der Waals surface area contributed by atoms with Gasteiger partial charge in [-0.15, -0.1) is 0 Å². The Morgan fingerprint density at radius 3 is 2.94 bits per heavy atom. The number of rotatable bonds is 4. The second-order valence-corrected chi connectivity index (χ2v) is 4.16. The first kappa shape index (κ1) is 11.8. The third kappa shape index (κ3) is 2.91. The van der Waals surface area contributed by atoms with E-state index in [1.807, 2.05) is 12.1 Å². The lowest BCUT2D eigenvalue weighted by atomic mass is 10.1. The van der Waals surface area contributed by atoms with Crippen molar-refractivity contribution in [3.05, 3.63) is 41.8 Å². The summed E-state index contributed by atoms with van der Waals surface area (Å²) >= 11 is 0. The van der Waals surface area contributed by atoms with E-state index in [9.17, 15) is 4.39 Å². The number of hydrogen-bond donors (Lipinski definition) is 2. The summed E-state index contributed by atoms with van der Waals surface area (Å²) in [5.41, 5.74) is 8.38. The first-order valence-electron chi connectivity index (χ1n) is 5.75. The van der Waals surface area contributed by atoms with Gasteiger partial charge in [-0.25, -0.2) is 4.39 Å². The molecule has 90 valence electrons. The first-order valence-corrected chi connectivity index (χ1v) is 5.75. The van der Waals surface area contributed by atoms with Gasteiger partial charge in [0.25, 0.3) is 0 Å². The van der Waals surface area contributed by atoms with Crippen LogP contribution in [0.1, 0.15) is 19.0 Å². The summed E-state index contributed by atoms with van der Waals surface area (Å²) in [6.07, 6.45) is 1.69. The Labute approximate surface area is 99.9 Å². The molecule has 3 nitrogen and oxygen atoms in total. The minimum atomic E-state index is -0.252. The van der Waals surface area contributed by atoms with Crippen LogP contribution in [0.2, 0.25) is 0 Å². The molecule has 4 heteroatoms. The first-order chi connectivity index (χ1) is 8.19. The molecule has 2 rings (SSSR count). The van der Waals surface area contributed by atoms with Crippen LogP contribution in [-0.2, 0) is 6.42 Å². The van der Waals surface area contributed by atoms with Crippen molar-refractivity contribution in [2.45, 2.75) is 25.8 Å². The van der Waals surface area contributed by atoms with Gasteiger partial charge >= 0.3 is 0 Å². The second-order valence-electron chi connectivity index (χ2n) is 4.16. The number of aromatic nitrogens is 2. The second kappa shape index (κ2) is 5.10. The maximum Gasteiger partial charge on any atom is 0.123 e. The summed E-state index contributed by atoms with van der Waals surface area (Å²) in [6.45, 7) is 2.05. The molecule has 3 N–H and O–H groups in total. The third-order valence-electron chi connectivity index (χ3n) is 2.76. The molecule has 0 amide bonds. The molecule has 2 aromatic rings. The van der Waals surface area contributed by atoms with E-state index in [1.165, 1.54) is 12.1 Å². The maximum atomic E-state index is 13.1. The van der Waals surface area contributed by atoms with Crippen molar-refractivity contribution in [2.75, 3.05) is 0 Å². The average Bonchev–Trinajstić information content (AvgIpc) is 2.77. The molecule has 17 heavy (non-hydrogen) atoms. The minimum absolute atomic E-state index is 0.135. The molecule has 1 aromatic carbocycles. The maximum absolute atomic E-state index is 13.1. The summed E-state index contributed by atoms with van der Waals surface area (Å²) in [5.74, 6) is -0.252. The van der Waals surface area contributed by atoms with E-state index < -0.39 is 0 Å². The predicted molar refractivity (Wildman–Crippen MR) is 66.0 cm³/mol. The lowest BCUT2D eigenvalue weighted by Gasteiger charge is -2.04. The van der Waals surface area contributed by atoms with E-state index in [-0.39, 0.29) is 11.9 Å². The Balaban J connectivity index is 2.18. The zero-order chi connectivity index (χ0) is 12.3. The van der Waals surface area contributed by atoms with Crippen LogP contribution < -0.4 is 5.73 Å². The fraction of sp³-hybridized carbons (Fsp3) is 0.308. The van der Waals surface area contributed by atoms with Crippen molar-refractivity contribution in [1.29, 1.82) is 0 Å². The van der Waals surface area contributed by atoms with Crippen molar-refractivity contribution < 1.29 is 4.39 Å². The standard InChI is InChI=1S/C13H16FN3/c1-2-11(15)7-12-8-13(17-16-12)9-4-3-5-10(14)6-9/h3-6,8,11H,2,7,15H2,1H3,(H,16,17). The van der Waals surface area contributed by atoms with Gasteiger partial charge < -0.3 is 5.73 Å². The normalized spacial score (nSPS) is 12.6. The molecular weight excluding hydrogens is 217 g/mol. The van der Waals surface area contributed by atoms with Crippen LogP contribution in [0.5, 0.6) is 0 Å². The van der Waals surface area contributed by atoms with Crippen molar-refractivity contribution >= 4 is 0 Å². The van der Waals surface area contributed by atoms with Gasteiger partial charge in [0.15, 0.2) is 0 Å². The Hall–Kier alpha value is -1.68. The summed E-state index contributed by atoms with van der Waals surface area (Å²) < 4.78 is 13.1. The van der Waals surface area contributed by atoms with Crippen LogP contribution in [-0.4, -0.2) is 16.2 Å². The Kier molecular flexibility index (Phi) is 3.54. The average molecular weight is 233 g/mol. The van der Waals surface area contributed by atoms with E-state index in [1.54, 1.807) is 6.07 Å². The number of nitrogens with zero attached hydrogens (tertiary/aromatic N) is 1. The largest absolute Gasteiger partial charge is 0.327 e. The van der Waals surface area contributed by atoms with E-state index in [0.717, 1.165) is 29.8 Å². The van der Waals surface area contributed by atoms with Crippen molar-refractivity contribution in [3.63, 3.8) is 0 Å². The Morgan fingerprint density at radius 2 is 2.24 bits per heavy atom. The highest BCUT2D eigenvalue weighted by Gasteiger charge is 2.07. The molecule has 0 saturated carbocycles. The van der Waals surface area contributed by atoms with Gasteiger partial charge in [-0.2, -0.15) is 5.10 Å². The molecular formula is C13H16FN3. The SMILES string of the molecule is CCC(N)Cc1cc(-c2cccc(F)c2)n[nH]1. The zero-order valence-electron chi connectivity index (χ0n) is 9.78. The van der Waals surface area contributed by atoms with Crippen LogP contribution in [0.25, 0.3) is 11.3 Å². The predicted octanol–water partition coefficient (Wildman–Crippen LogP) is 2.50. The molecule has 0 saturated heterocycles. The highest BCUT2D eigenvalue weighted by molar-refractivity contribution is 5.59. The van der Waals surface area contributed by atoms with Crippen LogP contribution in [0, 0.1) is 5.82 Å². The smallest absolute Gasteiger partial charge is 0.123 e. The molecule has 1 unspecified atom stereocenters. The number of benzene rings is 1. The molecule has 0 aliphatic rings. The molecule has 0 aliphatic carbocycles. The number of H-pyrrole nitrogens is 1. The van der Waals surface area contributed by atoms with E-state index in [2.05, 4.69) is 17.1 Å². The molecule has 1 atom stereocenters. The molecule has 1 heterocycles. The number of hydrogen-bond acceptors (Lipinski definition) is 2. The van der Waals surface area contributed by atoms with Gasteiger partial charge in [-0.1, -0.05) is 19.1 Å². The van der Waals surface area contributed by atoms with E-state index in [4.69, 9.17) is 5.73 Å². The monoisotopic (exact) mass is 233 g/mol. The summed E-state index contributed by atoms with van der Waals surface area (Å²) in [7, 11) is 0. The number of nitrogens with two attached hydrogens (primary N) is 1. The Bertz CT molecular complexity index is 493. The van der Waals surface area contributed by atoms with Gasteiger partial charge in [-0.3, -0.25) is 5.10 Å². The van der Waals surface area contributed by atoms with Gasteiger partial charge in [0, 0.05) is 23.7 Å². The number of aromatic amines is 1. The molecule has 0 radical (unpaired) electrons. The van der Waals surface area contributed by atoms with Gasteiger partial charge in [0.1, 0.15) is 5.82 Å². The lowest BCUT2D eigenvalue weighted by molar-refractivity contribution is 0.628. The summed E-state index contributed by atoms with van der Waals surface area (Å²) in [6, 6.07) is 8.46. The van der Waals surface area contributed by atoms with Crippen LogP contribution in [0.4, 0.5) is 4.39 Å². The van der Waals surface area contributed by atoms with Crippen LogP contribution >= 0.6 is 0 Å². The minimum Gasteiger partial charge on any atom is -0.327 e. The van der Waals surface area contributed by atoms with E-state index in [0.29, 0.717) is 0 Å². The van der Waals surface area contributed by atoms with Gasteiger partial charge in [0.05, 0.1) is 5.69 Å². The lowest BCUT2D eigenvalue weighted by Crippen LogP contribution is -2.21. The van der Waals surface area contributed by atoms with E-state index >= 15 is 0 Å². The third-order valence-corrected chi connectivity index (χ3v) is 2.76. The molecule has 1 aromatic heterocycles. The fourth-order valence-electron chi connectivity index (χ4n) is 1.69. The number of nitrogens with one attached hydrogen (secondary N) is 1. The van der Waals surface area contributed by atoms with Crippen molar-refractivity contribution in [3.8, 4) is 11.3 Å². The molecule has 0 spiro atoms.